The lowest BCUT2D eigenvalue weighted by Gasteiger charge is -2.14. The molecule has 1 atom stereocenters. The van der Waals surface area contributed by atoms with Crippen LogP contribution in [0.1, 0.15) is 40.2 Å². The number of hydrogen-bond acceptors (Lipinski definition) is 5. The Morgan fingerprint density at radius 3 is 2.30 bits per heavy atom. The molecule has 0 saturated carbocycles. The second kappa shape index (κ2) is 7.72. The number of hydrogen-bond donors (Lipinski definition) is 0. The fraction of sp³-hybridized carbons (Fsp3) is 0.389. The molecule has 0 N–H and O–H groups in total. The maximum absolute atomic E-state index is 11.9. The largest absolute Gasteiger partial charge is 0.451 e. The molecule has 5 nitrogen and oxygen atoms in total. The van der Waals surface area contributed by atoms with Gasteiger partial charge in [0.1, 0.15) is 5.75 Å². The Morgan fingerprint density at radius 2 is 1.74 bits per heavy atom. The minimum Gasteiger partial charge on any atom is -0.451 e. The molecule has 0 aliphatic heterocycles. The standard InChI is InChI=1S/C18H22O5/c1-12(22-13(2)19)17(21)23-15-9-7-6-8-14(15)10-11-16(20)18(3,4)5/h6-12H,1-5H3/b11-10-. The first-order valence-corrected chi connectivity index (χ1v) is 7.31. The van der Waals surface area contributed by atoms with E-state index in [0.717, 1.165) is 0 Å². The van der Waals surface area contributed by atoms with Crippen molar-refractivity contribution in [2.75, 3.05) is 0 Å². The van der Waals surface area contributed by atoms with Gasteiger partial charge in [-0.25, -0.2) is 4.79 Å². The quantitative estimate of drug-likeness (QED) is 0.474. The zero-order chi connectivity index (χ0) is 17.6. The summed E-state index contributed by atoms with van der Waals surface area (Å²) < 4.78 is 10.0. The summed E-state index contributed by atoms with van der Waals surface area (Å²) in [5.74, 6) is -0.969. The van der Waals surface area contributed by atoms with E-state index in [2.05, 4.69) is 0 Å². The molecule has 0 aromatic heterocycles. The third-order valence-corrected chi connectivity index (χ3v) is 2.96. The van der Waals surface area contributed by atoms with Crippen LogP contribution in [0.15, 0.2) is 30.3 Å². The number of esters is 2. The summed E-state index contributed by atoms with van der Waals surface area (Å²) >= 11 is 0. The lowest BCUT2D eigenvalue weighted by Crippen LogP contribution is -2.27. The van der Waals surface area contributed by atoms with Gasteiger partial charge in [-0.1, -0.05) is 39.0 Å². The first-order valence-electron chi connectivity index (χ1n) is 7.31. The van der Waals surface area contributed by atoms with E-state index in [1.807, 2.05) is 20.8 Å². The molecule has 0 aliphatic rings. The van der Waals surface area contributed by atoms with Gasteiger partial charge in [0.2, 0.25) is 0 Å². The molecule has 1 aromatic rings. The van der Waals surface area contributed by atoms with Crippen molar-refractivity contribution in [2.45, 2.75) is 40.7 Å². The van der Waals surface area contributed by atoms with Crippen LogP contribution in [0.3, 0.4) is 0 Å². The summed E-state index contributed by atoms with van der Waals surface area (Å²) in [4.78, 5) is 34.7. The van der Waals surface area contributed by atoms with Gasteiger partial charge in [-0.2, -0.15) is 0 Å². The molecule has 0 heterocycles. The minimum atomic E-state index is -0.999. The molecular formula is C18H22O5. The maximum Gasteiger partial charge on any atom is 0.352 e. The van der Waals surface area contributed by atoms with Crippen molar-refractivity contribution < 1.29 is 23.9 Å². The van der Waals surface area contributed by atoms with Crippen LogP contribution in [0.4, 0.5) is 0 Å². The SMILES string of the molecule is CC(=O)OC(C)C(=O)Oc1ccccc1/C=C\C(=O)C(C)(C)C. The highest BCUT2D eigenvalue weighted by Gasteiger charge is 2.20. The van der Waals surface area contributed by atoms with Gasteiger partial charge in [-0.3, -0.25) is 9.59 Å². The molecule has 0 saturated heterocycles. The van der Waals surface area contributed by atoms with Crippen molar-refractivity contribution in [1.82, 2.24) is 0 Å². The van der Waals surface area contributed by atoms with Crippen LogP contribution < -0.4 is 4.74 Å². The number of allylic oxidation sites excluding steroid dienone is 1. The Balaban J connectivity index is 2.90. The third-order valence-electron chi connectivity index (χ3n) is 2.96. The summed E-state index contributed by atoms with van der Waals surface area (Å²) in [6, 6.07) is 6.82. The van der Waals surface area contributed by atoms with Crippen LogP contribution in [0.5, 0.6) is 5.75 Å². The fourth-order valence-corrected chi connectivity index (χ4v) is 1.62. The van der Waals surface area contributed by atoms with Gasteiger partial charge in [-0.05, 0) is 25.1 Å². The molecule has 0 spiro atoms. The van der Waals surface area contributed by atoms with Crippen LogP contribution in [0, 0.1) is 5.41 Å². The van der Waals surface area contributed by atoms with Crippen molar-refractivity contribution in [3.63, 3.8) is 0 Å². The third kappa shape index (κ3) is 6.06. The van der Waals surface area contributed by atoms with Gasteiger partial charge in [0.15, 0.2) is 11.9 Å². The molecule has 1 aromatic carbocycles. The fourth-order valence-electron chi connectivity index (χ4n) is 1.62. The van der Waals surface area contributed by atoms with E-state index in [1.165, 1.54) is 19.9 Å². The molecule has 1 rings (SSSR count). The molecule has 1 unspecified atom stereocenters. The number of carbonyl (C=O) groups is 3. The van der Waals surface area contributed by atoms with E-state index in [1.54, 1.807) is 30.3 Å². The number of benzene rings is 1. The van der Waals surface area contributed by atoms with Crippen molar-refractivity contribution in [3.05, 3.63) is 35.9 Å². The van der Waals surface area contributed by atoms with E-state index in [0.29, 0.717) is 11.3 Å². The molecule has 124 valence electrons. The number of rotatable bonds is 5. The van der Waals surface area contributed by atoms with Gasteiger partial charge in [-0.15, -0.1) is 0 Å². The van der Waals surface area contributed by atoms with Gasteiger partial charge in [0.05, 0.1) is 0 Å². The average molecular weight is 318 g/mol. The highest BCUT2D eigenvalue weighted by Crippen LogP contribution is 2.22. The van der Waals surface area contributed by atoms with E-state index in [4.69, 9.17) is 9.47 Å². The first-order chi connectivity index (χ1) is 10.6. The van der Waals surface area contributed by atoms with Crippen molar-refractivity contribution in [2.24, 2.45) is 5.41 Å². The number of ketones is 1. The van der Waals surface area contributed by atoms with Crippen molar-refractivity contribution >= 4 is 23.8 Å². The number of para-hydroxylation sites is 1. The number of carbonyl (C=O) groups excluding carboxylic acids is 3. The zero-order valence-electron chi connectivity index (χ0n) is 14.1. The zero-order valence-corrected chi connectivity index (χ0v) is 14.1. The van der Waals surface area contributed by atoms with E-state index in [-0.39, 0.29) is 5.78 Å². The molecule has 0 amide bonds. The Hall–Kier alpha value is -2.43. The topological polar surface area (TPSA) is 69.7 Å². The first kappa shape index (κ1) is 18.6. The van der Waals surface area contributed by atoms with E-state index in [9.17, 15) is 14.4 Å². The summed E-state index contributed by atoms with van der Waals surface area (Å²) in [6.07, 6.45) is 2.07. The smallest absolute Gasteiger partial charge is 0.352 e. The molecule has 5 heteroatoms. The maximum atomic E-state index is 11.9. The monoisotopic (exact) mass is 318 g/mol. The highest BCUT2D eigenvalue weighted by atomic mass is 16.6. The molecule has 23 heavy (non-hydrogen) atoms. The number of ether oxygens (including phenoxy) is 2. The Kier molecular flexibility index (Phi) is 6.25. The van der Waals surface area contributed by atoms with Gasteiger partial charge < -0.3 is 9.47 Å². The minimum absolute atomic E-state index is 0.0353. The van der Waals surface area contributed by atoms with Crippen molar-refractivity contribution in [3.8, 4) is 5.75 Å². The summed E-state index contributed by atoms with van der Waals surface area (Å²) in [5.41, 5.74) is 0.111. The van der Waals surface area contributed by atoms with Crippen LogP contribution in [-0.4, -0.2) is 23.8 Å². The summed E-state index contributed by atoms with van der Waals surface area (Å²) in [6.45, 7) is 8.13. The van der Waals surface area contributed by atoms with E-state index >= 15 is 0 Å². The Morgan fingerprint density at radius 1 is 1.13 bits per heavy atom. The molecule has 0 radical (unpaired) electrons. The van der Waals surface area contributed by atoms with Gasteiger partial charge in [0.25, 0.3) is 0 Å². The Labute approximate surface area is 136 Å². The molecule has 0 bridgehead atoms. The second-order valence-electron chi connectivity index (χ2n) is 6.16. The average Bonchev–Trinajstić information content (AvgIpc) is 2.44. The van der Waals surface area contributed by atoms with Crippen LogP contribution >= 0.6 is 0 Å². The van der Waals surface area contributed by atoms with Gasteiger partial charge >= 0.3 is 11.9 Å². The van der Waals surface area contributed by atoms with Crippen LogP contribution in [0.25, 0.3) is 6.08 Å². The van der Waals surface area contributed by atoms with Gasteiger partial charge in [0, 0.05) is 17.9 Å². The lowest BCUT2D eigenvalue weighted by molar-refractivity contribution is -0.159. The van der Waals surface area contributed by atoms with Crippen LogP contribution in [0.2, 0.25) is 0 Å². The highest BCUT2D eigenvalue weighted by molar-refractivity contribution is 5.97. The molecule has 0 aliphatic carbocycles. The summed E-state index contributed by atoms with van der Waals surface area (Å²) in [5, 5.41) is 0. The predicted molar refractivity (Wildman–Crippen MR) is 86.8 cm³/mol. The molecule has 0 fully saturated rings. The Bertz CT molecular complexity index is 623. The molecular weight excluding hydrogens is 296 g/mol. The second-order valence-corrected chi connectivity index (χ2v) is 6.16. The lowest BCUT2D eigenvalue weighted by atomic mass is 9.90. The summed E-state index contributed by atoms with van der Waals surface area (Å²) in [7, 11) is 0. The van der Waals surface area contributed by atoms with E-state index < -0.39 is 23.5 Å². The van der Waals surface area contributed by atoms with Crippen molar-refractivity contribution in [1.29, 1.82) is 0 Å². The normalized spacial score (nSPS) is 12.7. The predicted octanol–water partition coefficient (Wildman–Crippen LogP) is 3.17. The van der Waals surface area contributed by atoms with Crippen LogP contribution in [-0.2, 0) is 19.1 Å².